The number of halogens is 2. The lowest BCUT2D eigenvalue weighted by molar-refractivity contribution is -0.167. The fourth-order valence-electron chi connectivity index (χ4n) is 2.52. The van der Waals surface area contributed by atoms with Crippen molar-refractivity contribution in [3.63, 3.8) is 0 Å². The lowest BCUT2D eigenvalue weighted by atomic mass is 9.88. The van der Waals surface area contributed by atoms with E-state index in [2.05, 4.69) is 11.7 Å². The molecule has 2 atom stereocenters. The van der Waals surface area contributed by atoms with Crippen LogP contribution in [0.25, 0.3) is 0 Å². The van der Waals surface area contributed by atoms with E-state index in [1.165, 1.54) is 19.3 Å². The molecular weight excluding hydrogens is 308 g/mol. The number of methoxy groups -OCH3 is 1. The quantitative estimate of drug-likeness (QED) is 0.290. The fraction of sp³-hybridized carbons (Fsp3) is 0.875. The van der Waals surface area contributed by atoms with E-state index < -0.39 is 24.0 Å². The summed E-state index contributed by atoms with van der Waals surface area (Å²) < 4.78 is 30.9. The number of ether oxygens (including phenoxy) is 1. The molecule has 5 nitrogen and oxygen atoms in total. The van der Waals surface area contributed by atoms with Crippen molar-refractivity contribution in [1.82, 2.24) is 5.32 Å². The molecule has 0 bridgehead atoms. The summed E-state index contributed by atoms with van der Waals surface area (Å²) in [7, 11) is 1.02. The molecule has 1 amide bonds. The standard InChI is InChI=1S/C16H29F2NO4/c1-3-4-5-6-7-8-9-10-11-16(22,15(17)18)13(19-12-20)14(21)23-2/h12-13,15,22H,3-11H2,1-2H3,(H,19,20). The van der Waals surface area contributed by atoms with Gasteiger partial charge in [-0.25, -0.2) is 13.6 Å². The summed E-state index contributed by atoms with van der Waals surface area (Å²) in [4.78, 5) is 22.1. The molecule has 0 saturated heterocycles. The molecule has 0 heterocycles. The maximum atomic E-state index is 13.3. The largest absolute Gasteiger partial charge is 0.467 e. The van der Waals surface area contributed by atoms with Crippen molar-refractivity contribution < 1.29 is 28.2 Å². The van der Waals surface area contributed by atoms with Gasteiger partial charge in [-0.15, -0.1) is 0 Å². The van der Waals surface area contributed by atoms with Gasteiger partial charge in [0.25, 0.3) is 6.43 Å². The van der Waals surface area contributed by atoms with Gasteiger partial charge in [-0.3, -0.25) is 4.79 Å². The molecule has 0 aromatic carbocycles. The van der Waals surface area contributed by atoms with Gasteiger partial charge in [-0.1, -0.05) is 58.3 Å². The monoisotopic (exact) mass is 337 g/mol. The van der Waals surface area contributed by atoms with Gasteiger partial charge in [0.1, 0.15) is 0 Å². The second-order valence-corrected chi connectivity index (χ2v) is 5.76. The second-order valence-electron chi connectivity index (χ2n) is 5.76. The number of nitrogens with one attached hydrogen (secondary N) is 1. The highest BCUT2D eigenvalue weighted by Crippen LogP contribution is 2.28. The SMILES string of the molecule is CCCCCCCCCCC(O)(C(F)F)C(NC=O)C(=O)OC. The summed E-state index contributed by atoms with van der Waals surface area (Å²) in [5, 5.41) is 12.1. The van der Waals surface area contributed by atoms with E-state index in [-0.39, 0.29) is 12.8 Å². The highest BCUT2D eigenvalue weighted by atomic mass is 19.3. The van der Waals surface area contributed by atoms with Gasteiger partial charge in [0.15, 0.2) is 11.6 Å². The van der Waals surface area contributed by atoms with Crippen molar-refractivity contribution in [3.8, 4) is 0 Å². The number of rotatable bonds is 14. The molecule has 0 radical (unpaired) electrons. The maximum absolute atomic E-state index is 13.3. The van der Waals surface area contributed by atoms with E-state index in [0.717, 1.165) is 26.4 Å². The molecule has 2 unspecified atom stereocenters. The van der Waals surface area contributed by atoms with Crippen molar-refractivity contribution in [1.29, 1.82) is 0 Å². The summed E-state index contributed by atoms with van der Waals surface area (Å²) in [6, 6.07) is -1.77. The van der Waals surface area contributed by atoms with Gasteiger partial charge in [0.2, 0.25) is 6.41 Å². The van der Waals surface area contributed by atoms with Gasteiger partial charge in [0.05, 0.1) is 7.11 Å². The first-order valence-electron chi connectivity index (χ1n) is 8.22. The van der Waals surface area contributed by atoms with Crippen molar-refractivity contribution in [3.05, 3.63) is 0 Å². The number of amides is 1. The van der Waals surface area contributed by atoms with Crippen LogP contribution >= 0.6 is 0 Å². The molecule has 0 aliphatic heterocycles. The summed E-state index contributed by atoms with van der Waals surface area (Å²) in [5.74, 6) is -1.08. The zero-order valence-corrected chi connectivity index (χ0v) is 14.0. The Morgan fingerprint density at radius 2 is 1.70 bits per heavy atom. The van der Waals surface area contributed by atoms with Crippen LogP contribution in [0.4, 0.5) is 8.78 Å². The number of carbonyl (C=O) groups excluding carboxylic acids is 2. The number of aliphatic hydroxyl groups is 1. The lowest BCUT2D eigenvalue weighted by Gasteiger charge is -2.33. The third kappa shape index (κ3) is 7.72. The third-order valence-corrected chi connectivity index (χ3v) is 3.98. The van der Waals surface area contributed by atoms with Crippen molar-refractivity contribution in [2.75, 3.05) is 7.11 Å². The Kier molecular flexibility index (Phi) is 11.6. The first-order chi connectivity index (χ1) is 10.9. The molecule has 0 aromatic rings. The molecule has 2 N–H and O–H groups in total. The van der Waals surface area contributed by atoms with Crippen LogP contribution in [-0.2, 0) is 14.3 Å². The highest BCUT2D eigenvalue weighted by molar-refractivity contribution is 5.79. The van der Waals surface area contributed by atoms with Gasteiger partial charge in [0, 0.05) is 0 Å². The van der Waals surface area contributed by atoms with Gasteiger partial charge >= 0.3 is 5.97 Å². The van der Waals surface area contributed by atoms with Crippen LogP contribution in [0.5, 0.6) is 0 Å². The molecule has 0 fully saturated rings. The Morgan fingerprint density at radius 3 is 2.13 bits per heavy atom. The molecule has 23 heavy (non-hydrogen) atoms. The molecule has 0 spiro atoms. The van der Waals surface area contributed by atoms with Crippen LogP contribution in [0.1, 0.15) is 64.7 Å². The lowest BCUT2D eigenvalue weighted by Crippen LogP contribution is -2.59. The predicted molar refractivity (Wildman–Crippen MR) is 83.2 cm³/mol. The Hall–Kier alpha value is -1.24. The van der Waals surface area contributed by atoms with Crippen LogP contribution in [0, 0.1) is 0 Å². The fourth-order valence-corrected chi connectivity index (χ4v) is 2.52. The molecule has 136 valence electrons. The van der Waals surface area contributed by atoms with Crippen molar-refractivity contribution in [2.24, 2.45) is 0 Å². The van der Waals surface area contributed by atoms with Crippen LogP contribution in [-0.4, -0.2) is 42.7 Å². The van der Waals surface area contributed by atoms with E-state index >= 15 is 0 Å². The minimum absolute atomic E-state index is 0.114. The number of carbonyl (C=O) groups is 2. The zero-order chi connectivity index (χ0) is 17.7. The summed E-state index contributed by atoms with van der Waals surface area (Å²) in [6.07, 6.45) is 4.29. The van der Waals surface area contributed by atoms with Crippen LogP contribution in [0.2, 0.25) is 0 Å². The smallest absolute Gasteiger partial charge is 0.331 e. The minimum atomic E-state index is -3.16. The van der Waals surface area contributed by atoms with Crippen molar-refractivity contribution >= 4 is 12.4 Å². The summed E-state index contributed by atoms with van der Waals surface area (Å²) >= 11 is 0. The predicted octanol–water partition coefficient (Wildman–Crippen LogP) is 2.80. The maximum Gasteiger partial charge on any atom is 0.331 e. The highest BCUT2D eigenvalue weighted by Gasteiger charge is 2.49. The van der Waals surface area contributed by atoms with E-state index in [1.807, 2.05) is 5.32 Å². The average Bonchev–Trinajstić information content (AvgIpc) is 2.53. The van der Waals surface area contributed by atoms with Crippen LogP contribution < -0.4 is 5.32 Å². The topological polar surface area (TPSA) is 75.6 Å². The molecule has 7 heteroatoms. The van der Waals surface area contributed by atoms with E-state index in [9.17, 15) is 23.5 Å². The number of alkyl halides is 2. The van der Waals surface area contributed by atoms with E-state index in [0.29, 0.717) is 12.8 Å². The van der Waals surface area contributed by atoms with E-state index in [4.69, 9.17) is 0 Å². The summed E-state index contributed by atoms with van der Waals surface area (Å²) in [6.45, 7) is 2.14. The number of unbranched alkanes of at least 4 members (excludes halogenated alkanes) is 7. The number of hydrogen-bond donors (Lipinski definition) is 2. The Bertz CT molecular complexity index is 342. The summed E-state index contributed by atoms with van der Waals surface area (Å²) in [5.41, 5.74) is -2.61. The zero-order valence-electron chi connectivity index (χ0n) is 14.0. The van der Waals surface area contributed by atoms with Crippen molar-refractivity contribution in [2.45, 2.75) is 82.8 Å². The molecular formula is C16H29F2NO4. The van der Waals surface area contributed by atoms with Crippen LogP contribution in [0.3, 0.4) is 0 Å². The second kappa shape index (κ2) is 12.2. The van der Waals surface area contributed by atoms with Gasteiger partial charge in [-0.2, -0.15) is 0 Å². The number of esters is 1. The Morgan fingerprint density at radius 1 is 1.17 bits per heavy atom. The minimum Gasteiger partial charge on any atom is -0.467 e. The van der Waals surface area contributed by atoms with E-state index in [1.54, 1.807) is 0 Å². The Balaban J connectivity index is 4.41. The molecule has 0 aliphatic rings. The molecule has 0 aromatic heterocycles. The first-order valence-corrected chi connectivity index (χ1v) is 8.22. The molecule has 0 aliphatic carbocycles. The Labute approximate surface area is 136 Å². The third-order valence-electron chi connectivity index (χ3n) is 3.98. The normalized spacial score (nSPS) is 15.0. The number of hydrogen-bond acceptors (Lipinski definition) is 4. The van der Waals surface area contributed by atoms with Gasteiger partial charge < -0.3 is 15.2 Å². The average molecular weight is 337 g/mol. The molecule has 0 rings (SSSR count). The van der Waals surface area contributed by atoms with Gasteiger partial charge in [-0.05, 0) is 6.42 Å². The first kappa shape index (κ1) is 21.8. The van der Waals surface area contributed by atoms with Crippen LogP contribution in [0.15, 0.2) is 0 Å². The molecule has 0 saturated carbocycles.